The molecule has 0 amide bonds. The molecule has 2 aromatic rings. The highest BCUT2D eigenvalue weighted by atomic mass is 35.5. The van der Waals surface area contributed by atoms with Crippen molar-refractivity contribution in [2.45, 2.75) is 0 Å². The fourth-order valence-electron chi connectivity index (χ4n) is 1.30. The molecule has 2 rings (SSSR count). The predicted octanol–water partition coefficient (Wildman–Crippen LogP) is 4.04. The fourth-order valence-corrected chi connectivity index (χ4v) is 2.69. The Balaban J connectivity index is 2.49. The summed E-state index contributed by atoms with van der Waals surface area (Å²) in [4.78, 5) is 15.4. The van der Waals surface area contributed by atoms with E-state index in [0.717, 1.165) is 11.3 Å². The van der Waals surface area contributed by atoms with E-state index < -0.39 is 11.8 Å². The van der Waals surface area contributed by atoms with Crippen molar-refractivity contribution in [2.24, 2.45) is 0 Å². The molecule has 0 fully saturated rings. The molecule has 0 N–H and O–H groups in total. The highest BCUT2D eigenvalue weighted by Crippen LogP contribution is 2.33. The summed E-state index contributed by atoms with van der Waals surface area (Å²) in [5.74, 6) is -1.12. The molecule has 3 nitrogen and oxygen atoms in total. The molecule has 7 heteroatoms. The number of methoxy groups -OCH3 is 1. The highest BCUT2D eigenvalue weighted by Gasteiger charge is 2.19. The van der Waals surface area contributed by atoms with Gasteiger partial charge in [-0.15, -0.1) is 11.3 Å². The molecule has 1 aromatic heterocycles. The van der Waals surface area contributed by atoms with Gasteiger partial charge in [0.15, 0.2) is 10.0 Å². The Bertz CT molecular complexity index is 615. The number of halogens is 3. The number of nitrogens with zero attached hydrogens (tertiary/aromatic N) is 1. The standard InChI is InChI=1S/C11H6Cl2FNO2S/c1-17-11(16)8-9(13)15-10(18-8)6-3-2-5(12)4-7(6)14/h2-4H,1H3. The molecular weight excluding hydrogens is 300 g/mol. The van der Waals surface area contributed by atoms with Crippen LogP contribution in [0.25, 0.3) is 10.6 Å². The number of benzene rings is 1. The molecule has 18 heavy (non-hydrogen) atoms. The van der Waals surface area contributed by atoms with Crippen LogP contribution in [-0.4, -0.2) is 18.1 Å². The molecule has 0 aliphatic rings. The Morgan fingerprint density at radius 3 is 2.78 bits per heavy atom. The molecule has 0 aliphatic carbocycles. The molecule has 0 saturated heterocycles. The van der Waals surface area contributed by atoms with E-state index in [1.54, 1.807) is 0 Å². The lowest BCUT2D eigenvalue weighted by Gasteiger charge is -1.98. The molecule has 1 heterocycles. The van der Waals surface area contributed by atoms with Gasteiger partial charge < -0.3 is 4.74 Å². The van der Waals surface area contributed by atoms with E-state index in [0.29, 0.717) is 5.01 Å². The van der Waals surface area contributed by atoms with Gasteiger partial charge in [-0.3, -0.25) is 0 Å². The zero-order valence-corrected chi connectivity index (χ0v) is 11.4. The minimum Gasteiger partial charge on any atom is -0.465 e. The minimum absolute atomic E-state index is 0.00352. The summed E-state index contributed by atoms with van der Waals surface area (Å²) < 4.78 is 18.2. The van der Waals surface area contributed by atoms with Crippen LogP contribution in [0.1, 0.15) is 9.67 Å². The first-order valence-electron chi connectivity index (χ1n) is 4.73. The summed E-state index contributed by atoms with van der Waals surface area (Å²) >= 11 is 12.4. The normalized spacial score (nSPS) is 10.4. The zero-order valence-electron chi connectivity index (χ0n) is 9.04. The van der Waals surface area contributed by atoms with Crippen molar-refractivity contribution in [1.82, 2.24) is 4.98 Å². The van der Waals surface area contributed by atoms with Crippen LogP contribution in [0.4, 0.5) is 4.39 Å². The Labute approximate surface area is 116 Å². The summed E-state index contributed by atoms with van der Waals surface area (Å²) in [6.45, 7) is 0. The predicted molar refractivity (Wildman–Crippen MR) is 68.9 cm³/mol. The van der Waals surface area contributed by atoms with Gasteiger partial charge in [-0.2, -0.15) is 0 Å². The highest BCUT2D eigenvalue weighted by molar-refractivity contribution is 7.17. The van der Waals surface area contributed by atoms with Gasteiger partial charge in [0.25, 0.3) is 0 Å². The van der Waals surface area contributed by atoms with Gasteiger partial charge in [0.2, 0.25) is 0 Å². The van der Waals surface area contributed by atoms with Crippen molar-refractivity contribution in [3.63, 3.8) is 0 Å². The Morgan fingerprint density at radius 2 is 2.17 bits per heavy atom. The molecule has 1 aromatic carbocycles. The Morgan fingerprint density at radius 1 is 1.44 bits per heavy atom. The second kappa shape index (κ2) is 5.22. The first-order chi connectivity index (χ1) is 8.52. The van der Waals surface area contributed by atoms with E-state index >= 15 is 0 Å². The van der Waals surface area contributed by atoms with E-state index in [-0.39, 0.29) is 20.6 Å². The second-order valence-electron chi connectivity index (χ2n) is 3.25. The summed E-state index contributed by atoms with van der Waals surface area (Å²) in [5.41, 5.74) is 0.237. The quantitative estimate of drug-likeness (QED) is 0.786. The molecule has 0 atom stereocenters. The lowest BCUT2D eigenvalue weighted by atomic mass is 10.2. The topological polar surface area (TPSA) is 39.2 Å². The lowest BCUT2D eigenvalue weighted by Crippen LogP contribution is -1.98. The van der Waals surface area contributed by atoms with Crippen LogP contribution in [0.5, 0.6) is 0 Å². The van der Waals surface area contributed by atoms with E-state index in [1.165, 1.54) is 25.3 Å². The number of rotatable bonds is 2. The molecule has 0 aliphatic heterocycles. The van der Waals surface area contributed by atoms with Crippen LogP contribution in [-0.2, 0) is 4.74 Å². The minimum atomic E-state index is -0.599. The van der Waals surface area contributed by atoms with Gasteiger partial charge in [-0.1, -0.05) is 23.2 Å². The fraction of sp³-hybridized carbons (Fsp3) is 0.0909. The van der Waals surface area contributed by atoms with Crippen molar-refractivity contribution >= 4 is 40.5 Å². The maximum Gasteiger partial charge on any atom is 0.351 e. The van der Waals surface area contributed by atoms with Crippen molar-refractivity contribution < 1.29 is 13.9 Å². The van der Waals surface area contributed by atoms with Crippen LogP contribution in [0, 0.1) is 5.82 Å². The van der Waals surface area contributed by atoms with E-state index in [4.69, 9.17) is 23.2 Å². The van der Waals surface area contributed by atoms with E-state index in [2.05, 4.69) is 9.72 Å². The number of carbonyl (C=O) groups excluding carboxylic acids is 1. The number of aromatic nitrogens is 1. The summed E-state index contributed by atoms with van der Waals surface area (Å²) in [5, 5.41) is 0.581. The third-order valence-electron chi connectivity index (χ3n) is 2.12. The molecule has 0 spiro atoms. The van der Waals surface area contributed by atoms with Gasteiger partial charge in [0, 0.05) is 10.6 Å². The number of ether oxygens (including phenoxy) is 1. The van der Waals surface area contributed by atoms with Gasteiger partial charge in [-0.05, 0) is 18.2 Å². The Kier molecular flexibility index (Phi) is 3.85. The first kappa shape index (κ1) is 13.3. The van der Waals surface area contributed by atoms with Crippen molar-refractivity contribution in [3.8, 4) is 10.6 Å². The van der Waals surface area contributed by atoms with Crippen LogP contribution in [0.15, 0.2) is 18.2 Å². The van der Waals surface area contributed by atoms with Crippen LogP contribution >= 0.6 is 34.5 Å². The lowest BCUT2D eigenvalue weighted by molar-refractivity contribution is 0.0606. The molecule has 0 saturated carbocycles. The number of thiazole rings is 1. The Hall–Kier alpha value is -1.17. The maximum absolute atomic E-state index is 13.7. The molecule has 0 unspecified atom stereocenters. The van der Waals surface area contributed by atoms with E-state index in [1.807, 2.05) is 0 Å². The van der Waals surface area contributed by atoms with Gasteiger partial charge in [0.1, 0.15) is 10.8 Å². The number of hydrogen-bond donors (Lipinski definition) is 0. The van der Waals surface area contributed by atoms with Crippen molar-refractivity contribution in [3.05, 3.63) is 39.1 Å². The number of esters is 1. The summed E-state index contributed by atoms with van der Waals surface area (Å²) in [6, 6.07) is 4.19. The van der Waals surface area contributed by atoms with Crippen LogP contribution < -0.4 is 0 Å². The number of hydrogen-bond acceptors (Lipinski definition) is 4. The van der Waals surface area contributed by atoms with Gasteiger partial charge in [0.05, 0.1) is 7.11 Å². The van der Waals surface area contributed by atoms with Crippen LogP contribution in [0.2, 0.25) is 10.2 Å². The van der Waals surface area contributed by atoms with Crippen molar-refractivity contribution in [1.29, 1.82) is 0 Å². The SMILES string of the molecule is COC(=O)c1sc(-c2ccc(Cl)cc2F)nc1Cl. The summed E-state index contributed by atoms with van der Waals surface area (Å²) in [6.07, 6.45) is 0. The summed E-state index contributed by atoms with van der Waals surface area (Å²) in [7, 11) is 1.24. The number of carbonyl (C=O) groups is 1. The zero-order chi connectivity index (χ0) is 13.3. The smallest absolute Gasteiger partial charge is 0.351 e. The van der Waals surface area contributed by atoms with Gasteiger partial charge >= 0.3 is 5.97 Å². The first-order valence-corrected chi connectivity index (χ1v) is 6.30. The third kappa shape index (κ3) is 2.48. The molecule has 94 valence electrons. The average Bonchev–Trinajstić information content (AvgIpc) is 2.70. The van der Waals surface area contributed by atoms with E-state index in [9.17, 15) is 9.18 Å². The second-order valence-corrected chi connectivity index (χ2v) is 5.05. The maximum atomic E-state index is 13.7. The van der Waals surface area contributed by atoms with Gasteiger partial charge in [-0.25, -0.2) is 14.2 Å². The molecule has 0 bridgehead atoms. The largest absolute Gasteiger partial charge is 0.465 e. The average molecular weight is 306 g/mol. The van der Waals surface area contributed by atoms with Crippen molar-refractivity contribution in [2.75, 3.05) is 7.11 Å². The molecular formula is C11H6Cl2FNO2S. The monoisotopic (exact) mass is 305 g/mol. The third-order valence-corrected chi connectivity index (χ3v) is 3.81. The molecule has 0 radical (unpaired) electrons. The van der Waals surface area contributed by atoms with Crippen LogP contribution in [0.3, 0.4) is 0 Å².